The zero-order chi connectivity index (χ0) is 21.5. The fourth-order valence-electron chi connectivity index (χ4n) is 3.22. The Balaban J connectivity index is 1.92. The van der Waals surface area contributed by atoms with Gasteiger partial charge in [-0.25, -0.2) is 12.9 Å². The minimum atomic E-state index is -4.86. The molecule has 0 saturated carbocycles. The molecule has 0 aliphatic heterocycles. The van der Waals surface area contributed by atoms with Crippen molar-refractivity contribution in [3.63, 3.8) is 0 Å². The molecular weight excluding hydrogens is 415 g/mol. The average molecular weight is 431 g/mol. The summed E-state index contributed by atoms with van der Waals surface area (Å²) in [7, 11) is -4.60. The minimum absolute atomic E-state index is 0.0335. The van der Waals surface area contributed by atoms with Crippen LogP contribution in [0.2, 0.25) is 0 Å². The van der Waals surface area contributed by atoms with Crippen molar-refractivity contribution in [3.05, 3.63) is 84.2 Å². The van der Waals surface area contributed by atoms with Crippen LogP contribution in [0.25, 0.3) is 16.6 Å². The molecule has 154 valence electrons. The maximum absolute atomic E-state index is 13.8. The van der Waals surface area contributed by atoms with E-state index in [4.69, 9.17) is 0 Å². The second-order valence-corrected chi connectivity index (χ2v) is 8.36. The Hall–Kier alpha value is -3.33. The summed E-state index contributed by atoms with van der Waals surface area (Å²) < 4.78 is 71.4. The lowest BCUT2D eigenvalue weighted by molar-refractivity contribution is -0.139. The van der Waals surface area contributed by atoms with E-state index in [1.807, 2.05) is 6.92 Å². The summed E-state index contributed by atoms with van der Waals surface area (Å²) in [6.07, 6.45) is -1.99. The van der Waals surface area contributed by atoms with Crippen LogP contribution in [0.4, 0.5) is 18.9 Å². The first kappa shape index (κ1) is 20.0. The third-order valence-electron chi connectivity index (χ3n) is 4.62. The van der Waals surface area contributed by atoms with Gasteiger partial charge in [0.05, 0.1) is 23.0 Å². The van der Waals surface area contributed by atoms with Gasteiger partial charge in [0.2, 0.25) is 0 Å². The Kier molecular flexibility index (Phi) is 4.77. The quantitative estimate of drug-likeness (QED) is 0.487. The van der Waals surface area contributed by atoms with Crippen molar-refractivity contribution in [2.45, 2.75) is 18.0 Å². The zero-order valence-corrected chi connectivity index (χ0v) is 16.5. The van der Waals surface area contributed by atoms with Crippen LogP contribution in [0.15, 0.2) is 78.0 Å². The highest BCUT2D eigenvalue weighted by atomic mass is 32.2. The Morgan fingerprint density at radius 1 is 0.967 bits per heavy atom. The Morgan fingerprint density at radius 3 is 2.40 bits per heavy atom. The molecule has 4 aromatic rings. The number of halogens is 3. The molecule has 30 heavy (non-hydrogen) atoms. The molecule has 0 fully saturated rings. The van der Waals surface area contributed by atoms with Crippen LogP contribution < -0.4 is 4.72 Å². The maximum Gasteiger partial charge on any atom is 0.417 e. The molecule has 0 bridgehead atoms. The van der Waals surface area contributed by atoms with Gasteiger partial charge in [-0.3, -0.25) is 4.72 Å². The van der Waals surface area contributed by atoms with Crippen molar-refractivity contribution in [2.24, 2.45) is 0 Å². The Labute approximate surface area is 170 Å². The molecule has 9 heteroatoms. The molecule has 2 aromatic carbocycles. The monoisotopic (exact) mass is 431 g/mol. The molecule has 0 radical (unpaired) electrons. The number of sulfonamides is 1. The topological polar surface area (TPSA) is 63.5 Å². The van der Waals surface area contributed by atoms with E-state index in [0.29, 0.717) is 11.1 Å². The van der Waals surface area contributed by atoms with Gasteiger partial charge in [-0.1, -0.05) is 48.0 Å². The van der Waals surface area contributed by atoms with E-state index in [-0.39, 0.29) is 11.3 Å². The highest BCUT2D eigenvalue weighted by Crippen LogP contribution is 2.40. The fourth-order valence-corrected chi connectivity index (χ4v) is 4.72. The van der Waals surface area contributed by atoms with Gasteiger partial charge < -0.3 is 0 Å². The SMILES string of the molecule is Cc1ccc(-c2cccc(C(F)(F)F)c2S(=O)(=O)Nc2cnn3ccccc23)cc1. The highest BCUT2D eigenvalue weighted by molar-refractivity contribution is 7.93. The number of fused-ring (bicyclic) bond motifs is 1. The van der Waals surface area contributed by atoms with E-state index >= 15 is 0 Å². The van der Waals surface area contributed by atoms with Crippen LogP contribution in [-0.4, -0.2) is 18.0 Å². The van der Waals surface area contributed by atoms with Crippen LogP contribution in [0.1, 0.15) is 11.1 Å². The van der Waals surface area contributed by atoms with Crippen molar-refractivity contribution >= 4 is 21.2 Å². The predicted octanol–water partition coefficient (Wildman–Crippen LogP) is 5.13. The van der Waals surface area contributed by atoms with E-state index in [0.717, 1.165) is 11.6 Å². The van der Waals surface area contributed by atoms with Gasteiger partial charge in [0.25, 0.3) is 10.0 Å². The van der Waals surface area contributed by atoms with Crippen LogP contribution >= 0.6 is 0 Å². The van der Waals surface area contributed by atoms with E-state index in [1.165, 1.54) is 22.8 Å². The molecule has 0 amide bonds. The molecule has 0 atom stereocenters. The number of alkyl halides is 3. The van der Waals surface area contributed by atoms with E-state index in [1.54, 1.807) is 48.7 Å². The molecule has 2 aromatic heterocycles. The number of nitrogens with zero attached hydrogens (tertiary/aromatic N) is 2. The molecular formula is C21H16F3N3O2S. The number of pyridine rings is 1. The molecule has 4 rings (SSSR count). The van der Waals surface area contributed by atoms with E-state index < -0.39 is 26.7 Å². The molecule has 0 spiro atoms. The van der Waals surface area contributed by atoms with Gasteiger partial charge in [-0.05, 0) is 30.7 Å². The lowest BCUT2D eigenvalue weighted by atomic mass is 10.0. The van der Waals surface area contributed by atoms with Gasteiger partial charge in [0.15, 0.2) is 0 Å². The summed E-state index contributed by atoms with van der Waals surface area (Å²) in [5.74, 6) is 0. The van der Waals surface area contributed by atoms with E-state index in [2.05, 4.69) is 9.82 Å². The summed E-state index contributed by atoms with van der Waals surface area (Å²) in [4.78, 5) is -0.823. The number of benzene rings is 2. The molecule has 1 N–H and O–H groups in total. The summed E-state index contributed by atoms with van der Waals surface area (Å²) in [5.41, 5.74) is 0.509. The largest absolute Gasteiger partial charge is 0.417 e. The third kappa shape index (κ3) is 3.63. The normalized spacial score (nSPS) is 12.3. The lowest BCUT2D eigenvalue weighted by Crippen LogP contribution is -2.20. The number of rotatable bonds is 4. The van der Waals surface area contributed by atoms with Crippen LogP contribution in [0.5, 0.6) is 0 Å². The number of aromatic nitrogens is 2. The molecule has 0 aliphatic rings. The summed E-state index contributed by atoms with van der Waals surface area (Å²) in [5, 5.41) is 4.03. The molecule has 0 unspecified atom stereocenters. The lowest BCUT2D eigenvalue weighted by Gasteiger charge is -2.18. The number of hydrogen-bond donors (Lipinski definition) is 1. The summed E-state index contributed by atoms with van der Waals surface area (Å²) in [6.45, 7) is 1.83. The van der Waals surface area contributed by atoms with Crippen molar-refractivity contribution in [1.29, 1.82) is 0 Å². The van der Waals surface area contributed by atoms with Gasteiger partial charge >= 0.3 is 6.18 Å². The third-order valence-corrected chi connectivity index (χ3v) is 6.09. The van der Waals surface area contributed by atoms with Crippen LogP contribution in [-0.2, 0) is 16.2 Å². The zero-order valence-electron chi connectivity index (χ0n) is 15.7. The number of hydrogen-bond acceptors (Lipinski definition) is 3. The first-order valence-corrected chi connectivity index (χ1v) is 10.4. The number of aryl methyl sites for hydroxylation is 1. The van der Waals surface area contributed by atoms with Crippen LogP contribution in [0.3, 0.4) is 0 Å². The first-order chi connectivity index (χ1) is 14.2. The van der Waals surface area contributed by atoms with Gasteiger partial charge in [-0.2, -0.15) is 18.3 Å². The maximum atomic E-state index is 13.8. The standard InChI is InChI=1S/C21H16F3N3O2S/c1-14-8-10-15(11-9-14)16-5-4-6-17(21(22,23)24)20(16)30(28,29)26-18-13-25-27-12-3-2-7-19(18)27/h2-13,26H,1H3. The fraction of sp³-hybridized carbons (Fsp3) is 0.0952. The first-order valence-electron chi connectivity index (χ1n) is 8.89. The minimum Gasteiger partial charge on any atom is -0.276 e. The van der Waals surface area contributed by atoms with Gasteiger partial charge in [-0.15, -0.1) is 0 Å². The van der Waals surface area contributed by atoms with Crippen molar-refractivity contribution in [2.75, 3.05) is 4.72 Å². The molecule has 2 heterocycles. The number of nitrogens with one attached hydrogen (secondary N) is 1. The summed E-state index contributed by atoms with van der Waals surface area (Å²) in [6, 6.07) is 14.9. The smallest absolute Gasteiger partial charge is 0.276 e. The predicted molar refractivity (Wildman–Crippen MR) is 108 cm³/mol. The van der Waals surface area contributed by atoms with Crippen molar-refractivity contribution < 1.29 is 21.6 Å². The van der Waals surface area contributed by atoms with Crippen molar-refractivity contribution in [3.8, 4) is 11.1 Å². The van der Waals surface area contributed by atoms with Gasteiger partial charge in [0.1, 0.15) is 4.90 Å². The second kappa shape index (κ2) is 7.17. The Morgan fingerprint density at radius 2 is 1.70 bits per heavy atom. The van der Waals surface area contributed by atoms with Crippen molar-refractivity contribution in [1.82, 2.24) is 9.61 Å². The average Bonchev–Trinajstić information content (AvgIpc) is 3.10. The van der Waals surface area contributed by atoms with Crippen LogP contribution in [0, 0.1) is 6.92 Å². The number of anilines is 1. The molecule has 0 aliphatic carbocycles. The second-order valence-electron chi connectivity index (χ2n) is 6.74. The van der Waals surface area contributed by atoms with Gasteiger partial charge in [0, 0.05) is 11.8 Å². The summed E-state index contributed by atoms with van der Waals surface area (Å²) >= 11 is 0. The van der Waals surface area contributed by atoms with E-state index in [9.17, 15) is 21.6 Å². The molecule has 0 saturated heterocycles. The molecule has 5 nitrogen and oxygen atoms in total. The highest BCUT2D eigenvalue weighted by Gasteiger charge is 2.39. The Bertz CT molecular complexity index is 1330.